The predicted octanol–water partition coefficient (Wildman–Crippen LogP) is 3.84. The number of rotatable bonds is 4. The van der Waals surface area contributed by atoms with Gasteiger partial charge in [0.25, 0.3) is 0 Å². The van der Waals surface area contributed by atoms with Gasteiger partial charge in [0.05, 0.1) is 6.42 Å². The van der Waals surface area contributed by atoms with Crippen molar-refractivity contribution in [2.75, 3.05) is 16.8 Å². The minimum atomic E-state index is -0.113. The van der Waals surface area contributed by atoms with Crippen LogP contribution in [0, 0.1) is 0 Å². The second kappa shape index (κ2) is 7.64. The summed E-state index contributed by atoms with van der Waals surface area (Å²) in [6.45, 7) is 1.46. The molecule has 0 saturated heterocycles. The van der Waals surface area contributed by atoms with E-state index in [0.717, 1.165) is 29.8 Å². The first-order valence-corrected chi connectivity index (χ1v) is 9.31. The Labute approximate surface area is 163 Å². The first kappa shape index (κ1) is 17.9. The number of carbonyl (C=O) groups excluding carboxylic acids is 1. The zero-order valence-corrected chi connectivity index (χ0v) is 15.4. The number of fused-ring (bicyclic) bond motifs is 1. The van der Waals surface area contributed by atoms with Gasteiger partial charge in [0.1, 0.15) is 11.5 Å². The third-order valence-electron chi connectivity index (χ3n) is 5.08. The lowest BCUT2D eigenvalue weighted by atomic mass is 9.97. The summed E-state index contributed by atoms with van der Waals surface area (Å²) in [5.41, 5.74) is 4.74. The topological polar surface area (TPSA) is 72.8 Å². The lowest BCUT2D eigenvalue weighted by Crippen LogP contribution is -2.31. The Hall–Kier alpha value is -3.47. The van der Waals surface area contributed by atoms with Gasteiger partial charge in [-0.25, -0.2) is 0 Å². The maximum Gasteiger partial charge on any atom is 0.228 e. The van der Waals surface area contributed by atoms with E-state index in [2.05, 4.69) is 16.3 Å². The highest BCUT2D eigenvalue weighted by molar-refractivity contribution is 5.93. The second-order valence-corrected chi connectivity index (χ2v) is 6.99. The zero-order valence-electron chi connectivity index (χ0n) is 15.4. The van der Waals surface area contributed by atoms with Gasteiger partial charge >= 0.3 is 0 Å². The van der Waals surface area contributed by atoms with Crippen LogP contribution in [0.3, 0.4) is 0 Å². The fourth-order valence-electron chi connectivity index (χ4n) is 3.66. The number of aromatic hydroxyl groups is 2. The maximum atomic E-state index is 12.5. The van der Waals surface area contributed by atoms with Gasteiger partial charge in [-0.05, 0) is 53.9 Å². The molecule has 0 aliphatic carbocycles. The summed E-state index contributed by atoms with van der Waals surface area (Å²) >= 11 is 0. The van der Waals surface area contributed by atoms with Crippen molar-refractivity contribution in [3.05, 3.63) is 83.4 Å². The van der Waals surface area contributed by atoms with Gasteiger partial charge in [-0.15, -0.1) is 0 Å². The molecule has 0 spiro atoms. The van der Waals surface area contributed by atoms with Crippen molar-refractivity contribution in [3.63, 3.8) is 0 Å². The number of nitrogens with zero attached hydrogens (tertiary/aromatic N) is 1. The number of para-hydroxylation sites is 1. The van der Waals surface area contributed by atoms with Crippen LogP contribution in [0.1, 0.15) is 16.7 Å². The first-order valence-electron chi connectivity index (χ1n) is 9.31. The Kier molecular flexibility index (Phi) is 4.89. The number of carbonyl (C=O) groups is 1. The average molecular weight is 374 g/mol. The molecule has 0 radical (unpaired) electrons. The summed E-state index contributed by atoms with van der Waals surface area (Å²) in [5, 5.41) is 22.4. The Morgan fingerprint density at radius 3 is 2.57 bits per heavy atom. The Balaban J connectivity index is 1.52. The van der Waals surface area contributed by atoms with E-state index in [1.54, 1.807) is 30.3 Å². The van der Waals surface area contributed by atoms with E-state index in [-0.39, 0.29) is 18.1 Å². The van der Waals surface area contributed by atoms with Gasteiger partial charge in [0.2, 0.25) is 5.91 Å². The molecule has 1 heterocycles. The van der Waals surface area contributed by atoms with Crippen molar-refractivity contribution in [1.82, 2.24) is 0 Å². The minimum absolute atomic E-state index is 0.113. The fourth-order valence-corrected chi connectivity index (χ4v) is 3.66. The first-order chi connectivity index (χ1) is 13.6. The van der Waals surface area contributed by atoms with Crippen LogP contribution in [0.25, 0.3) is 0 Å². The number of anilines is 2. The molecule has 0 aromatic heterocycles. The molecule has 1 amide bonds. The molecule has 3 aromatic carbocycles. The van der Waals surface area contributed by atoms with E-state index in [1.165, 1.54) is 5.56 Å². The van der Waals surface area contributed by atoms with E-state index in [4.69, 9.17) is 0 Å². The molecule has 3 aromatic rings. The van der Waals surface area contributed by atoms with Crippen molar-refractivity contribution in [2.45, 2.75) is 19.4 Å². The van der Waals surface area contributed by atoms with E-state index in [1.807, 2.05) is 30.3 Å². The van der Waals surface area contributed by atoms with Crippen LogP contribution < -0.4 is 10.2 Å². The zero-order chi connectivity index (χ0) is 19.5. The van der Waals surface area contributed by atoms with Crippen LogP contribution in [-0.4, -0.2) is 22.7 Å². The molecule has 0 fully saturated rings. The Bertz CT molecular complexity index is 999. The van der Waals surface area contributed by atoms with Gasteiger partial charge in [0, 0.05) is 30.0 Å². The highest BCUT2D eigenvalue weighted by Crippen LogP contribution is 2.31. The number of hydrogen-bond acceptors (Lipinski definition) is 4. The van der Waals surface area contributed by atoms with Crippen molar-refractivity contribution in [1.29, 1.82) is 0 Å². The predicted molar refractivity (Wildman–Crippen MR) is 110 cm³/mol. The Morgan fingerprint density at radius 1 is 0.964 bits per heavy atom. The van der Waals surface area contributed by atoms with Gasteiger partial charge in [-0.2, -0.15) is 0 Å². The maximum absolute atomic E-state index is 12.5. The molecule has 0 unspecified atom stereocenters. The van der Waals surface area contributed by atoms with E-state index < -0.39 is 0 Å². The molecule has 5 heteroatoms. The molecule has 3 N–H and O–H groups in total. The molecule has 142 valence electrons. The third-order valence-corrected chi connectivity index (χ3v) is 5.08. The molecule has 4 rings (SSSR count). The number of benzene rings is 3. The highest BCUT2D eigenvalue weighted by Gasteiger charge is 2.21. The van der Waals surface area contributed by atoms with Crippen molar-refractivity contribution >= 4 is 17.3 Å². The van der Waals surface area contributed by atoms with E-state index in [0.29, 0.717) is 18.0 Å². The largest absolute Gasteiger partial charge is 0.508 e. The number of nitrogens with one attached hydrogen (secondary N) is 1. The van der Waals surface area contributed by atoms with Crippen LogP contribution in [-0.2, 0) is 24.2 Å². The van der Waals surface area contributed by atoms with Crippen molar-refractivity contribution in [3.8, 4) is 11.5 Å². The summed E-state index contributed by atoms with van der Waals surface area (Å²) in [6.07, 6.45) is 1.11. The smallest absolute Gasteiger partial charge is 0.228 e. The second-order valence-electron chi connectivity index (χ2n) is 6.99. The lowest BCUT2D eigenvalue weighted by molar-refractivity contribution is -0.115. The van der Waals surface area contributed by atoms with Crippen LogP contribution in [0.2, 0.25) is 0 Å². The van der Waals surface area contributed by atoms with Crippen LogP contribution in [0.15, 0.2) is 66.7 Å². The van der Waals surface area contributed by atoms with Gasteiger partial charge in [-0.1, -0.05) is 30.3 Å². The summed E-state index contributed by atoms with van der Waals surface area (Å²) in [7, 11) is 0. The standard InChI is InChI=1S/C23H22N2O3/c26-19-10-8-18(9-11-19)24-23(28)14-17-4-1-2-6-21(17)25-13-12-16-5-3-7-22(27)20(16)15-25/h1-11,26-27H,12-15H2,(H,24,28). The van der Waals surface area contributed by atoms with Gasteiger partial charge < -0.3 is 20.4 Å². The average Bonchev–Trinajstić information content (AvgIpc) is 2.70. The molecule has 5 nitrogen and oxygen atoms in total. The molecule has 1 aliphatic rings. The van der Waals surface area contributed by atoms with Crippen LogP contribution in [0.5, 0.6) is 11.5 Å². The molecule has 0 bridgehead atoms. The van der Waals surface area contributed by atoms with E-state index in [9.17, 15) is 15.0 Å². The summed E-state index contributed by atoms with van der Waals surface area (Å²) in [4.78, 5) is 14.7. The van der Waals surface area contributed by atoms with Gasteiger partial charge in [0.15, 0.2) is 0 Å². The molecular formula is C23H22N2O3. The number of hydrogen-bond donors (Lipinski definition) is 3. The lowest BCUT2D eigenvalue weighted by Gasteiger charge is -2.32. The Morgan fingerprint density at radius 2 is 1.75 bits per heavy atom. The SMILES string of the molecule is O=C(Cc1ccccc1N1CCc2cccc(O)c2C1)Nc1ccc(O)cc1. The molecule has 1 aliphatic heterocycles. The fraction of sp³-hybridized carbons (Fsp3) is 0.174. The number of phenolic OH excluding ortho intramolecular Hbond substituents is 2. The molecule has 0 atom stereocenters. The minimum Gasteiger partial charge on any atom is -0.508 e. The molecule has 28 heavy (non-hydrogen) atoms. The van der Waals surface area contributed by atoms with E-state index >= 15 is 0 Å². The van der Waals surface area contributed by atoms with Crippen LogP contribution >= 0.6 is 0 Å². The summed E-state index contributed by atoms with van der Waals surface area (Å²) < 4.78 is 0. The number of phenols is 2. The third kappa shape index (κ3) is 3.78. The van der Waals surface area contributed by atoms with Crippen molar-refractivity contribution in [2.24, 2.45) is 0 Å². The summed E-state index contributed by atoms with van der Waals surface area (Å²) in [6, 6.07) is 20.0. The quantitative estimate of drug-likeness (QED) is 0.607. The number of amides is 1. The van der Waals surface area contributed by atoms with Gasteiger partial charge in [-0.3, -0.25) is 4.79 Å². The van der Waals surface area contributed by atoms with Crippen molar-refractivity contribution < 1.29 is 15.0 Å². The normalized spacial score (nSPS) is 13.1. The molecule has 0 saturated carbocycles. The molecular weight excluding hydrogens is 352 g/mol. The monoisotopic (exact) mass is 374 g/mol. The highest BCUT2D eigenvalue weighted by atomic mass is 16.3. The van der Waals surface area contributed by atoms with Crippen LogP contribution in [0.4, 0.5) is 11.4 Å². The summed E-state index contributed by atoms with van der Waals surface area (Å²) in [5.74, 6) is 0.375.